The molecule has 1 heterocycles. The van der Waals surface area contributed by atoms with Gasteiger partial charge in [0.15, 0.2) is 0 Å². The average molecular weight is 501 g/mol. The van der Waals surface area contributed by atoms with Gasteiger partial charge in [-0.3, -0.25) is 4.57 Å². The summed E-state index contributed by atoms with van der Waals surface area (Å²) in [6, 6.07) is 22.5. The number of hydrogen-bond acceptors (Lipinski definition) is 3. The fraction of sp³-hybridized carbons (Fsp3) is 0.0690. The Labute approximate surface area is 211 Å². The Morgan fingerprint density at radius 1 is 0.833 bits per heavy atom. The number of imidazole rings is 1. The molecule has 0 bridgehead atoms. The van der Waals surface area contributed by atoms with Crippen molar-refractivity contribution in [1.82, 2.24) is 9.13 Å². The number of aryl methyl sites for hydroxylation is 1. The molecule has 0 atom stereocenters. The van der Waals surface area contributed by atoms with Crippen LogP contribution in [0.2, 0.25) is 5.02 Å². The highest BCUT2D eigenvalue weighted by atomic mass is 35.5. The zero-order valence-electron chi connectivity index (χ0n) is 19.3. The Morgan fingerprint density at radius 2 is 1.47 bits per heavy atom. The molecule has 0 saturated heterocycles. The monoisotopic (exact) mass is 500 g/mol. The Kier molecular flexibility index (Phi) is 6.22. The molecule has 5 rings (SSSR count). The summed E-state index contributed by atoms with van der Waals surface area (Å²) >= 11 is 6.49. The van der Waals surface area contributed by atoms with Crippen molar-refractivity contribution in [2.45, 2.75) is 6.61 Å². The summed E-state index contributed by atoms with van der Waals surface area (Å²) in [7, 11) is 1.65. The molecule has 0 aliphatic heterocycles. The topological polar surface area (TPSA) is 67.4 Å². The highest BCUT2D eigenvalue weighted by Gasteiger charge is 2.16. The van der Waals surface area contributed by atoms with Crippen LogP contribution in [0.3, 0.4) is 0 Å². The predicted molar refractivity (Wildman–Crippen MR) is 140 cm³/mol. The van der Waals surface area contributed by atoms with Crippen LogP contribution in [0.15, 0.2) is 96.1 Å². The van der Waals surface area contributed by atoms with E-state index in [-0.39, 0.29) is 23.6 Å². The fourth-order valence-electron chi connectivity index (χ4n) is 4.23. The molecule has 2 N–H and O–H groups in total. The van der Waals surface area contributed by atoms with Crippen molar-refractivity contribution in [3.8, 4) is 44.8 Å². The molecule has 5 aromatic rings. The van der Waals surface area contributed by atoms with E-state index >= 15 is 0 Å². The lowest BCUT2D eigenvalue weighted by Crippen LogP contribution is -2.20. The van der Waals surface area contributed by atoms with Crippen LogP contribution < -0.4 is 5.69 Å². The second-order valence-electron chi connectivity index (χ2n) is 8.51. The molecule has 0 unspecified atom stereocenters. The van der Waals surface area contributed by atoms with Gasteiger partial charge in [0.25, 0.3) is 0 Å². The smallest absolute Gasteiger partial charge is 0.332 e. The summed E-state index contributed by atoms with van der Waals surface area (Å²) < 4.78 is 17.6. The SMILES string of the molecule is Cn1ccn(-c2ccc(-c3cc(F)cc(-c4cccc(-c5ccc(CO)cc5)c4)c3O)cc2Cl)c1=O. The van der Waals surface area contributed by atoms with Gasteiger partial charge in [0.1, 0.15) is 11.6 Å². The number of nitrogens with zero attached hydrogens (tertiary/aromatic N) is 2. The van der Waals surface area contributed by atoms with Gasteiger partial charge in [0.2, 0.25) is 0 Å². The lowest BCUT2D eigenvalue weighted by Gasteiger charge is -2.14. The number of phenolic OH excluding ortho intramolecular Hbond substituents is 1. The maximum absolute atomic E-state index is 14.8. The standard InChI is InChI=1S/C29H22ClFN2O3/c1-32-11-12-33(29(32)36)27-10-9-22(14-26(27)30)25-16-23(31)15-24(28(25)35)21-4-2-3-20(13-21)19-7-5-18(17-34)6-8-19/h2-16,34-35H,17H2,1H3. The summed E-state index contributed by atoms with van der Waals surface area (Å²) in [5.74, 6) is -0.583. The van der Waals surface area contributed by atoms with E-state index in [2.05, 4.69) is 0 Å². The van der Waals surface area contributed by atoms with Gasteiger partial charge in [-0.25, -0.2) is 9.18 Å². The largest absolute Gasteiger partial charge is 0.507 e. The third kappa shape index (κ3) is 4.33. The summed E-state index contributed by atoms with van der Waals surface area (Å²) in [6.45, 7) is -0.0344. The average Bonchev–Trinajstić information content (AvgIpc) is 3.23. The van der Waals surface area contributed by atoms with Crippen molar-refractivity contribution in [2.24, 2.45) is 7.05 Å². The van der Waals surface area contributed by atoms with Crippen molar-refractivity contribution in [1.29, 1.82) is 0 Å². The van der Waals surface area contributed by atoms with E-state index in [0.29, 0.717) is 27.4 Å². The van der Waals surface area contributed by atoms with E-state index in [9.17, 15) is 19.4 Å². The molecule has 0 amide bonds. The van der Waals surface area contributed by atoms with Gasteiger partial charge in [-0.2, -0.15) is 0 Å². The van der Waals surface area contributed by atoms with Crippen LogP contribution in [0.4, 0.5) is 4.39 Å². The van der Waals surface area contributed by atoms with Crippen LogP contribution in [0.1, 0.15) is 5.56 Å². The number of aromatic nitrogens is 2. The van der Waals surface area contributed by atoms with Gasteiger partial charge in [0.05, 0.1) is 17.3 Å². The van der Waals surface area contributed by atoms with E-state index < -0.39 is 5.82 Å². The van der Waals surface area contributed by atoms with Crippen LogP contribution >= 0.6 is 11.6 Å². The molecular formula is C29H22ClFN2O3. The molecule has 7 heteroatoms. The highest BCUT2D eigenvalue weighted by Crippen LogP contribution is 2.41. The number of aliphatic hydroxyl groups excluding tert-OH is 1. The number of phenols is 1. The van der Waals surface area contributed by atoms with Crippen LogP contribution in [0.25, 0.3) is 39.1 Å². The number of hydrogen-bond donors (Lipinski definition) is 2. The first kappa shape index (κ1) is 23.6. The Hall–Kier alpha value is -4.13. The zero-order valence-corrected chi connectivity index (χ0v) is 20.1. The van der Waals surface area contributed by atoms with E-state index in [0.717, 1.165) is 16.7 Å². The quantitative estimate of drug-likeness (QED) is 0.303. The minimum absolute atomic E-state index is 0.0344. The summed E-state index contributed by atoms with van der Waals surface area (Å²) in [5.41, 5.74) is 4.68. The summed E-state index contributed by atoms with van der Waals surface area (Å²) in [6.07, 6.45) is 3.25. The van der Waals surface area contributed by atoms with Crippen LogP contribution in [-0.4, -0.2) is 19.3 Å². The zero-order chi connectivity index (χ0) is 25.4. The van der Waals surface area contributed by atoms with Gasteiger partial charge < -0.3 is 14.8 Å². The molecule has 4 aromatic carbocycles. The van der Waals surface area contributed by atoms with Gasteiger partial charge in [-0.1, -0.05) is 60.1 Å². The maximum Gasteiger partial charge on any atom is 0.332 e. The molecule has 180 valence electrons. The Bertz CT molecular complexity index is 1640. The molecule has 0 aliphatic rings. The summed E-state index contributed by atoms with van der Waals surface area (Å²) in [5, 5.41) is 20.8. The maximum atomic E-state index is 14.8. The molecule has 0 radical (unpaired) electrons. The minimum Gasteiger partial charge on any atom is -0.507 e. The van der Waals surface area contributed by atoms with Crippen LogP contribution in [0.5, 0.6) is 5.75 Å². The number of benzene rings is 4. The van der Waals surface area contributed by atoms with Crippen molar-refractivity contribution < 1.29 is 14.6 Å². The normalized spacial score (nSPS) is 11.1. The van der Waals surface area contributed by atoms with Crippen molar-refractivity contribution in [3.05, 3.63) is 118 Å². The van der Waals surface area contributed by atoms with Crippen molar-refractivity contribution in [2.75, 3.05) is 0 Å². The van der Waals surface area contributed by atoms with E-state index in [1.165, 1.54) is 21.3 Å². The number of rotatable bonds is 5. The molecule has 5 nitrogen and oxygen atoms in total. The number of aliphatic hydroxyl groups is 1. The lowest BCUT2D eigenvalue weighted by molar-refractivity contribution is 0.282. The van der Waals surface area contributed by atoms with Crippen LogP contribution in [-0.2, 0) is 13.7 Å². The first-order chi connectivity index (χ1) is 17.4. The predicted octanol–water partition coefficient (Wildman–Crippen LogP) is 6.17. The summed E-state index contributed by atoms with van der Waals surface area (Å²) in [4.78, 5) is 12.3. The van der Waals surface area contributed by atoms with E-state index in [1.54, 1.807) is 37.6 Å². The highest BCUT2D eigenvalue weighted by molar-refractivity contribution is 6.32. The Morgan fingerprint density at radius 3 is 2.08 bits per heavy atom. The van der Waals surface area contributed by atoms with Gasteiger partial charge >= 0.3 is 5.69 Å². The van der Waals surface area contributed by atoms with Gasteiger partial charge in [-0.05, 0) is 58.1 Å². The third-order valence-electron chi connectivity index (χ3n) is 6.18. The van der Waals surface area contributed by atoms with Crippen LogP contribution in [0, 0.1) is 5.82 Å². The minimum atomic E-state index is -0.505. The van der Waals surface area contributed by atoms with E-state index in [1.807, 2.05) is 48.5 Å². The van der Waals surface area contributed by atoms with Gasteiger partial charge in [-0.15, -0.1) is 0 Å². The molecule has 0 saturated carbocycles. The van der Waals surface area contributed by atoms with Crippen molar-refractivity contribution in [3.63, 3.8) is 0 Å². The third-order valence-corrected chi connectivity index (χ3v) is 6.49. The number of aromatic hydroxyl groups is 1. The van der Waals surface area contributed by atoms with E-state index in [4.69, 9.17) is 11.6 Å². The molecule has 0 spiro atoms. The van der Waals surface area contributed by atoms with Crippen molar-refractivity contribution >= 4 is 11.6 Å². The molecule has 36 heavy (non-hydrogen) atoms. The van der Waals surface area contributed by atoms with Gasteiger partial charge in [0, 0.05) is 30.6 Å². The molecule has 1 aromatic heterocycles. The lowest BCUT2D eigenvalue weighted by atomic mass is 9.94. The molecule has 0 fully saturated rings. The first-order valence-corrected chi connectivity index (χ1v) is 11.6. The number of halogens is 2. The second kappa shape index (κ2) is 9.49. The first-order valence-electron chi connectivity index (χ1n) is 11.2. The molecular weight excluding hydrogens is 479 g/mol. The Balaban J connectivity index is 1.56. The second-order valence-corrected chi connectivity index (χ2v) is 8.92. The fourth-order valence-corrected chi connectivity index (χ4v) is 4.50. The molecule has 0 aliphatic carbocycles.